The van der Waals surface area contributed by atoms with E-state index >= 15 is 0 Å². The monoisotopic (exact) mass is 362 g/mol. The first kappa shape index (κ1) is 18.6. The second-order valence-electron chi connectivity index (χ2n) is 4.89. The SMILES string of the molecule is CCOC(=O)c1cc(CC)sc1NC(=O)COC(=O)c1ccncc1. The van der Waals surface area contributed by atoms with E-state index in [1.165, 1.54) is 35.9 Å². The molecule has 0 radical (unpaired) electrons. The molecule has 25 heavy (non-hydrogen) atoms. The van der Waals surface area contributed by atoms with Crippen LogP contribution in [0.15, 0.2) is 30.6 Å². The minimum absolute atomic E-state index is 0.243. The molecule has 2 aromatic heterocycles. The molecule has 0 saturated heterocycles. The second-order valence-corrected chi connectivity index (χ2v) is 6.03. The molecular weight excluding hydrogens is 344 g/mol. The van der Waals surface area contributed by atoms with Crippen LogP contribution in [-0.2, 0) is 20.7 Å². The quantitative estimate of drug-likeness (QED) is 0.761. The Morgan fingerprint density at radius 2 is 1.84 bits per heavy atom. The van der Waals surface area contributed by atoms with E-state index in [0.29, 0.717) is 16.1 Å². The number of hydrogen-bond acceptors (Lipinski definition) is 7. The standard InChI is InChI=1S/C17H18N2O5S/c1-3-12-9-13(17(22)23-4-2)15(25-12)19-14(20)10-24-16(21)11-5-7-18-8-6-11/h5-9H,3-4,10H2,1-2H3,(H,19,20). The normalized spacial score (nSPS) is 10.2. The van der Waals surface area contributed by atoms with Gasteiger partial charge in [-0.25, -0.2) is 9.59 Å². The summed E-state index contributed by atoms with van der Waals surface area (Å²) in [5.74, 6) is -1.65. The summed E-state index contributed by atoms with van der Waals surface area (Å²) in [6, 6.07) is 4.68. The summed E-state index contributed by atoms with van der Waals surface area (Å²) in [4.78, 5) is 40.6. The molecule has 1 N–H and O–H groups in total. The molecule has 132 valence electrons. The number of carbonyl (C=O) groups is 3. The zero-order valence-corrected chi connectivity index (χ0v) is 14.7. The molecule has 0 atom stereocenters. The Morgan fingerprint density at radius 1 is 1.12 bits per heavy atom. The summed E-state index contributed by atoms with van der Waals surface area (Å²) in [6.07, 6.45) is 3.64. The Kier molecular flexibility index (Phi) is 6.64. The number of esters is 2. The van der Waals surface area contributed by atoms with Crippen LogP contribution in [0.3, 0.4) is 0 Å². The van der Waals surface area contributed by atoms with Gasteiger partial charge in [0, 0.05) is 17.3 Å². The molecule has 0 spiro atoms. The number of aromatic nitrogens is 1. The maximum absolute atomic E-state index is 12.0. The molecule has 0 unspecified atom stereocenters. The minimum atomic E-state index is -0.622. The Bertz CT molecular complexity index is 758. The minimum Gasteiger partial charge on any atom is -0.462 e. The van der Waals surface area contributed by atoms with Crippen molar-refractivity contribution in [2.75, 3.05) is 18.5 Å². The molecule has 0 aliphatic rings. The number of anilines is 1. The van der Waals surface area contributed by atoms with Crippen LogP contribution >= 0.6 is 11.3 Å². The van der Waals surface area contributed by atoms with Crippen molar-refractivity contribution < 1.29 is 23.9 Å². The summed E-state index contributed by atoms with van der Waals surface area (Å²) in [5, 5.41) is 2.99. The van der Waals surface area contributed by atoms with E-state index < -0.39 is 24.5 Å². The van der Waals surface area contributed by atoms with E-state index in [-0.39, 0.29) is 6.61 Å². The van der Waals surface area contributed by atoms with E-state index in [1.54, 1.807) is 13.0 Å². The van der Waals surface area contributed by atoms with E-state index in [1.807, 2.05) is 6.92 Å². The summed E-state index contributed by atoms with van der Waals surface area (Å²) in [6.45, 7) is 3.44. The third-order valence-electron chi connectivity index (χ3n) is 3.13. The summed E-state index contributed by atoms with van der Waals surface area (Å²) < 4.78 is 9.94. The first-order chi connectivity index (χ1) is 12.0. The van der Waals surface area contributed by atoms with E-state index in [4.69, 9.17) is 9.47 Å². The molecule has 2 aromatic rings. The summed E-state index contributed by atoms with van der Waals surface area (Å²) >= 11 is 1.29. The van der Waals surface area contributed by atoms with Gasteiger partial charge in [0.2, 0.25) is 0 Å². The van der Waals surface area contributed by atoms with Crippen molar-refractivity contribution in [3.63, 3.8) is 0 Å². The van der Waals surface area contributed by atoms with Crippen LogP contribution in [0.4, 0.5) is 5.00 Å². The van der Waals surface area contributed by atoms with Crippen LogP contribution in [0.5, 0.6) is 0 Å². The lowest BCUT2D eigenvalue weighted by Gasteiger charge is -2.07. The lowest BCUT2D eigenvalue weighted by Crippen LogP contribution is -2.21. The lowest BCUT2D eigenvalue weighted by molar-refractivity contribution is -0.119. The van der Waals surface area contributed by atoms with Crippen molar-refractivity contribution in [2.45, 2.75) is 20.3 Å². The maximum atomic E-state index is 12.0. The lowest BCUT2D eigenvalue weighted by atomic mass is 10.2. The first-order valence-electron chi connectivity index (χ1n) is 7.72. The van der Waals surface area contributed by atoms with E-state index in [2.05, 4.69) is 10.3 Å². The Hall–Kier alpha value is -2.74. The van der Waals surface area contributed by atoms with Gasteiger partial charge in [0.05, 0.1) is 17.7 Å². The molecule has 7 nitrogen and oxygen atoms in total. The second kappa shape index (κ2) is 8.93. The van der Waals surface area contributed by atoms with Crippen LogP contribution < -0.4 is 5.32 Å². The van der Waals surface area contributed by atoms with Crippen molar-refractivity contribution in [1.29, 1.82) is 0 Å². The van der Waals surface area contributed by atoms with Crippen molar-refractivity contribution in [3.05, 3.63) is 46.6 Å². The van der Waals surface area contributed by atoms with Gasteiger partial charge in [0.1, 0.15) is 5.00 Å². The fraction of sp³-hybridized carbons (Fsp3) is 0.294. The first-order valence-corrected chi connectivity index (χ1v) is 8.53. The third kappa shape index (κ3) is 5.12. The van der Waals surface area contributed by atoms with Gasteiger partial charge in [-0.05, 0) is 31.5 Å². The van der Waals surface area contributed by atoms with Gasteiger partial charge < -0.3 is 14.8 Å². The zero-order chi connectivity index (χ0) is 18.2. The molecule has 0 aromatic carbocycles. The number of nitrogens with one attached hydrogen (secondary N) is 1. The zero-order valence-electron chi connectivity index (χ0n) is 13.9. The molecule has 0 saturated carbocycles. The molecule has 0 aliphatic heterocycles. The molecule has 2 heterocycles. The summed E-state index contributed by atoms with van der Waals surface area (Å²) in [5.41, 5.74) is 0.608. The molecule has 0 fully saturated rings. The largest absolute Gasteiger partial charge is 0.462 e. The number of amides is 1. The van der Waals surface area contributed by atoms with Crippen LogP contribution in [0, 0.1) is 0 Å². The smallest absolute Gasteiger partial charge is 0.341 e. The number of pyridine rings is 1. The van der Waals surface area contributed by atoms with Gasteiger partial charge in [-0.2, -0.15) is 0 Å². The van der Waals surface area contributed by atoms with Crippen LogP contribution in [0.2, 0.25) is 0 Å². The number of ether oxygens (including phenoxy) is 2. The molecule has 0 aliphatic carbocycles. The number of carbonyl (C=O) groups excluding carboxylic acids is 3. The van der Waals surface area contributed by atoms with Crippen molar-refractivity contribution in [1.82, 2.24) is 4.98 Å². The molecule has 2 rings (SSSR count). The predicted octanol–water partition coefficient (Wildman–Crippen LogP) is 2.68. The maximum Gasteiger partial charge on any atom is 0.341 e. The van der Waals surface area contributed by atoms with Crippen molar-refractivity contribution >= 4 is 34.2 Å². The molecule has 0 bridgehead atoms. The molecular formula is C17H18N2O5S. The number of thiophene rings is 1. The highest BCUT2D eigenvalue weighted by Crippen LogP contribution is 2.29. The van der Waals surface area contributed by atoms with Crippen molar-refractivity contribution in [3.8, 4) is 0 Å². The number of aryl methyl sites for hydroxylation is 1. The molecule has 8 heteroatoms. The van der Waals surface area contributed by atoms with Gasteiger partial charge in [-0.1, -0.05) is 6.92 Å². The Labute approximate surface area is 149 Å². The summed E-state index contributed by atoms with van der Waals surface area (Å²) in [7, 11) is 0. The average Bonchev–Trinajstić information content (AvgIpc) is 3.03. The number of nitrogens with zero attached hydrogens (tertiary/aromatic N) is 1. The highest BCUT2D eigenvalue weighted by molar-refractivity contribution is 7.16. The van der Waals surface area contributed by atoms with Gasteiger partial charge in [-0.3, -0.25) is 9.78 Å². The van der Waals surface area contributed by atoms with Gasteiger partial charge in [0.15, 0.2) is 6.61 Å². The Balaban J connectivity index is 1.99. The Morgan fingerprint density at radius 3 is 2.48 bits per heavy atom. The van der Waals surface area contributed by atoms with Crippen LogP contribution in [0.25, 0.3) is 0 Å². The van der Waals surface area contributed by atoms with E-state index in [9.17, 15) is 14.4 Å². The van der Waals surface area contributed by atoms with Crippen molar-refractivity contribution in [2.24, 2.45) is 0 Å². The highest BCUT2D eigenvalue weighted by atomic mass is 32.1. The fourth-order valence-corrected chi connectivity index (χ4v) is 2.94. The molecule has 1 amide bonds. The number of rotatable bonds is 7. The third-order valence-corrected chi connectivity index (χ3v) is 4.33. The van der Waals surface area contributed by atoms with Gasteiger partial charge in [-0.15, -0.1) is 11.3 Å². The van der Waals surface area contributed by atoms with Crippen LogP contribution in [0.1, 0.15) is 39.4 Å². The highest BCUT2D eigenvalue weighted by Gasteiger charge is 2.19. The fourth-order valence-electron chi connectivity index (χ4n) is 1.93. The number of hydrogen-bond donors (Lipinski definition) is 1. The average molecular weight is 362 g/mol. The van der Waals surface area contributed by atoms with Crippen LogP contribution in [-0.4, -0.2) is 36.0 Å². The van der Waals surface area contributed by atoms with E-state index in [0.717, 1.165) is 11.3 Å². The van der Waals surface area contributed by atoms with Gasteiger partial charge >= 0.3 is 11.9 Å². The predicted molar refractivity (Wildman–Crippen MR) is 92.8 cm³/mol. The van der Waals surface area contributed by atoms with Gasteiger partial charge in [0.25, 0.3) is 5.91 Å². The topological polar surface area (TPSA) is 94.6 Å².